The van der Waals surface area contributed by atoms with Gasteiger partial charge in [0.15, 0.2) is 0 Å². The third-order valence-corrected chi connectivity index (χ3v) is 17.6. The first-order valence-electron chi connectivity index (χ1n) is 28.6. The Morgan fingerprint density at radius 2 is 0.366 bits per heavy atom. The molecule has 0 heterocycles. The first-order chi connectivity index (χ1) is 40.7. The van der Waals surface area contributed by atoms with E-state index in [4.69, 9.17) is 0 Å². The molecule has 2 aliphatic carbocycles. The van der Waals surface area contributed by atoms with Crippen LogP contribution < -0.4 is 0 Å². The SMILES string of the molecule is c1ccc(-c2cc(-c3ccccc3)cc(-c3c4c(c(-c5cc(-c6ccccc6)cc(-c6ccccc6)c5)c5cc6ccccc6cc35)-c3ccc5c6c(ccc-4c36)-c3c-5c(-c4ccccc4)c4ccccc4c3-c3ccccc3)c2)cc1. The summed E-state index contributed by atoms with van der Waals surface area (Å²) in [6, 6.07) is 114. The Bertz CT molecular complexity index is 4650. The van der Waals surface area contributed by atoms with Gasteiger partial charge in [-0.1, -0.05) is 255 Å². The molecule has 0 amide bonds. The second kappa shape index (κ2) is 18.5. The Hall–Kier alpha value is -10.7. The molecule has 0 fully saturated rings. The van der Waals surface area contributed by atoms with E-state index in [2.05, 4.69) is 303 Å². The molecule has 0 aliphatic heterocycles. The zero-order valence-electron chi connectivity index (χ0n) is 44.9. The van der Waals surface area contributed by atoms with Crippen molar-refractivity contribution in [1.29, 1.82) is 0 Å². The van der Waals surface area contributed by atoms with Gasteiger partial charge >= 0.3 is 0 Å². The largest absolute Gasteiger partial charge is 0.0622 e. The Morgan fingerprint density at radius 1 is 0.134 bits per heavy atom. The van der Waals surface area contributed by atoms with Gasteiger partial charge in [-0.25, -0.2) is 0 Å². The van der Waals surface area contributed by atoms with Crippen LogP contribution in [-0.4, -0.2) is 0 Å². The molecule has 0 heteroatoms. The van der Waals surface area contributed by atoms with Crippen molar-refractivity contribution in [2.75, 3.05) is 0 Å². The van der Waals surface area contributed by atoms with E-state index in [9.17, 15) is 0 Å². The summed E-state index contributed by atoms with van der Waals surface area (Å²) in [6.45, 7) is 0. The number of benzene rings is 15. The van der Waals surface area contributed by atoms with Gasteiger partial charge in [-0.3, -0.25) is 0 Å². The fraction of sp³-hybridized carbons (Fsp3) is 0. The molecule has 82 heavy (non-hydrogen) atoms. The van der Waals surface area contributed by atoms with Crippen LogP contribution in [0.4, 0.5) is 0 Å². The lowest BCUT2D eigenvalue weighted by molar-refractivity contribution is 1.57. The van der Waals surface area contributed by atoms with Crippen molar-refractivity contribution in [3.05, 3.63) is 303 Å². The summed E-state index contributed by atoms with van der Waals surface area (Å²) in [5.74, 6) is 0. The second-order valence-electron chi connectivity index (χ2n) is 22.2. The molecule has 0 spiro atoms. The van der Waals surface area contributed by atoms with E-state index in [-0.39, 0.29) is 0 Å². The second-order valence-corrected chi connectivity index (χ2v) is 22.2. The summed E-state index contributed by atoms with van der Waals surface area (Å²) in [5, 5.41) is 10.1. The van der Waals surface area contributed by atoms with Gasteiger partial charge < -0.3 is 0 Å². The minimum atomic E-state index is 1.19. The topological polar surface area (TPSA) is 0 Å². The van der Waals surface area contributed by atoms with Gasteiger partial charge in [-0.2, -0.15) is 0 Å². The molecule has 0 atom stereocenters. The Labute approximate surface area is 477 Å². The summed E-state index contributed by atoms with van der Waals surface area (Å²) in [7, 11) is 0. The average molecular weight is 1040 g/mol. The van der Waals surface area contributed by atoms with Crippen LogP contribution in [0.1, 0.15) is 0 Å². The molecule has 0 unspecified atom stereocenters. The molecule has 15 aromatic rings. The van der Waals surface area contributed by atoms with Gasteiger partial charge in [0, 0.05) is 0 Å². The van der Waals surface area contributed by atoms with E-state index in [1.54, 1.807) is 0 Å². The summed E-state index contributed by atoms with van der Waals surface area (Å²) in [4.78, 5) is 0. The maximum Gasteiger partial charge on any atom is -0.000739 e. The first-order valence-corrected chi connectivity index (χ1v) is 28.6. The first kappa shape index (κ1) is 46.3. The fourth-order valence-electron chi connectivity index (χ4n) is 14.2. The Balaban J connectivity index is 1.06. The van der Waals surface area contributed by atoms with E-state index in [1.165, 1.54) is 177 Å². The lowest BCUT2D eigenvalue weighted by Gasteiger charge is -2.23. The van der Waals surface area contributed by atoms with Crippen LogP contribution in [0.5, 0.6) is 0 Å². The number of hydrogen-bond donors (Lipinski definition) is 0. The quantitative estimate of drug-likeness (QED) is 0.133. The summed E-state index contributed by atoms with van der Waals surface area (Å²) >= 11 is 0. The molecule has 0 nitrogen and oxygen atoms in total. The van der Waals surface area contributed by atoms with Crippen LogP contribution in [-0.2, 0) is 0 Å². The minimum absolute atomic E-state index is 1.19. The molecule has 15 aromatic carbocycles. The van der Waals surface area contributed by atoms with Gasteiger partial charge in [0.2, 0.25) is 0 Å². The molecule has 0 saturated heterocycles. The van der Waals surface area contributed by atoms with E-state index in [1.807, 2.05) is 0 Å². The van der Waals surface area contributed by atoms with Gasteiger partial charge in [0.25, 0.3) is 0 Å². The summed E-state index contributed by atoms with van der Waals surface area (Å²) < 4.78 is 0. The molecule has 0 N–H and O–H groups in total. The van der Waals surface area contributed by atoms with Gasteiger partial charge in [0.1, 0.15) is 0 Å². The highest BCUT2D eigenvalue weighted by Gasteiger charge is 2.37. The van der Waals surface area contributed by atoms with Crippen molar-refractivity contribution in [1.82, 2.24) is 0 Å². The third-order valence-electron chi connectivity index (χ3n) is 17.6. The van der Waals surface area contributed by atoms with E-state index < -0.39 is 0 Å². The fourth-order valence-corrected chi connectivity index (χ4v) is 14.2. The number of fused-ring (bicyclic) bond motifs is 9. The predicted octanol–water partition coefficient (Wildman–Crippen LogP) is 22.9. The zero-order valence-corrected chi connectivity index (χ0v) is 44.9. The van der Waals surface area contributed by atoms with Crippen LogP contribution in [0.15, 0.2) is 303 Å². The highest BCUT2D eigenvalue weighted by molar-refractivity contribution is 6.36. The highest BCUT2D eigenvalue weighted by atomic mass is 14.4. The summed E-state index contributed by atoms with van der Waals surface area (Å²) in [5.41, 5.74) is 29.7. The van der Waals surface area contributed by atoms with Crippen molar-refractivity contribution in [3.63, 3.8) is 0 Å². The van der Waals surface area contributed by atoms with Crippen LogP contribution in [0, 0.1) is 0 Å². The zero-order chi connectivity index (χ0) is 53.8. The molecule has 17 rings (SSSR count). The van der Waals surface area contributed by atoms with Crippen LogP contribution in [0.3, 0.4) is 0 Å². The average Bonchev–Trinajstić information content (AvgIpc) is 1.79. The normalized spacial score (nSPS) is 11.9. The van der Waals surface area contributed by atoms with Crippen molar-refractivity contribution in [2.24, 2.45) is 0 Å². The number of hydrogen-bond acceptors (Lipinski definition) is 0. The maximum atomic E-state index is 2.50. The third kappa shape index (κ3) is 7.12. The number of rotatable bonds is 8. The standard InChI is InChI=1S/C82H50/c1-7-23-51(24-8-1)59-43-60(52-25-9-2-10-26-52)46-63(45-59)75-71-49-57-35-19-20-36-58(57)50-72(71)76(64-47-61(53-27-11-3-12-28-53)44-62(48-64)54-29-13-4-14-30-54)82-70-42-40-68-77-67(39-41-69(78(70)77)81(75)82)79-73(55-31-15-5-16-32-55)65-37-21-22-38-66(65)74(80(68)79)56-33-17-6-18-34-56/h1-50H. The van der Waals surface area contributed by atoms with E-state index in [0.29, 0.717) is 0 Å². The van der Waals surface area contributed by atoms with Crippen molar-refractivity contribution in [3.8, 4) is 134 Å². The van der Waals surface area contributed by atoms with Gasteiger partial charge in [-0.15, -0.1) is 0 Å². The maximum absolute atomic E-state index is 2.50. The molecular formula is C82H50. The molecule has 0 bridgehead atoms. The Morgan fingerprint density at radius 3 is 0.659 bits per heavy atom. The van der Waals surface area contributed by atoms with Crippen LogP contribution in [0.25, 0.3) is 177 Å². The van der Waals surface area contributed by atoms with Crippen molar-refractivity contribution in [2.45, 2.75) is 0 Å². The molecule has 0 saturated carbocycles. The van der Waals surface area contributed by atoms with E-state index >= 15 is 0 Å². The highest BCUT2D eigenvalue weighted by Crippen LogP contribution is 2.65. The van der Waals surface area contributed by atoms with Gasteiger partial charge in [0.05, 0.1) is 0 Å². The smallest absolute Gasteiger partial charge is 0.000739 e. The minimum Gasteiger partial charge on any atom is -0.0622 e. The lowest BCUT2D eigenvalue weighted by atomic mass is 9.80. The summed E-state index contributed by atoms with van der Waals surface area (Å²) in [6.07, 6.45) is 0. The molecule has 0 radical (unpaired) electrons. The van der Waals surface area contributed by atoms with Crippen molar-refractivity contribution < 1.29 is 0 Å². The molecule has 2 aliphatic rings. The Kier molecular flexibility index (Phi) is 10.4. The molecule has 378 valence electrons. The molecule has 0 aromatic heterocycles. The van der Waals surface area contributed by atoms with Crippen molar-refractivity contribution >= 4 is 43.1 Å². The van der Waals surface area contributed by atoms with Crippen LogP contribution in [0.2, 0.25) is 0 Å². The van der Waals surface area contributed by atoms with Gasteiger partial charge in [-0.05, 0) is 225 Å². The van der Waals surface area contributed by atoms with Crippen LogP contribution >= 0.6 is 0 Å². The van der Waals surface area contributed by atoms with E-state index in [0.717, 1.165) is 0 Å². The molecular weight excluding hydrogens is 985 g/mol. The predicted molar refractivity (Wildman–Crippen MR) is 349 cm³/mol. The monoisotopic (exact) mass is 1030 g/mol. The lowest BCUT2D eigenvalue weighted by Crippen LogP contribution is -1.96.